The van der Waals surface area contributed by atoms with Gasteiger partial charge in [-0.2, -0.15) is 0 Å². The van der Waals surface area contributed by atoms with E-state index in [4.69, 9.17) is 0 Å². The van der Waals surface area contributed by atoms with Crippen molar-refractivity contribution in [2.45, 2.75) is 71.8 Å². The summed E-state index contributed by atoms with van der Waals surface area (Å²) in [6, 6.07) is 0. The maximum atomic E-state index is 12.5. The van der Waals surface area contributed by atoms with E-state index in [9.17, 15) is 9.90 Å². The first-order chi connectivity index (χ1) is 10.4. The summed E-state index contributed by atoms with van der Waals surface area (Å²) in [6.07, 6.45) is 9.53. The highest BCUT2D eigenvalue weighted by molar-refractivity contribution is 5.87. The molecule has 0 radical (unpaired) electrons. The highest BCUT2D eigenvalue weighted by Crippen LogP contribution is 2.65. The van der Waals surface area contributed by atoms with Gasteiger partial charge >= 0.3 is 0 Å². The first kappa shape index (κ1) is 14.9. The van der Waals surface area contributed by atoms with E-state index in [0.29, 0.717) is 23.5 Å². The Morgan fingerprint density at radius 3 is 2.55 bits per heavy atom. The SMILES string of the molecule is CC1C=C2CC(O)CC[C@]2(C)[C@@H]2CC[C@]3(C)C(=O)CC[C@H]3[C@H]12. The van der Waals surface area contributed by atoms with Crippen molar-refractivity contribution >= 4 is 5.78 Å². The van der Waals surface area contributed by atoms with Crippen molar-refractivity contribution in [1.82, 2.24) is 0 Å². The molecule has 0 spiro atoms. The van der Waals surface area contributed by atoms with Crippen LogP contribution >= 0.6 is 0 Å². The number of Topliss-reactive ketones (excluding diaryl/α,β-unsaturated/α-hetero) is 1. The number of aliphatic hydroxyl groups is 1. The molecule has 0 heterocycles. The van der Waals surface area contributed by atoms with E-state index in [2.05, 4.69) is 26.8 Å². The van der Waals surface area contributed by atoms with Crippen LogP contribution in [0.5, 0.6) is 0 Å². The summed E-state index contributed by atoms with van der Waals surface area (Å²) in [5, 5.41) is 10.1. The second-order valence-corrected chi connectivity index (χ2v) is 9.07. The lowest BCUT2D eigenvalue weighted by atomic mass is 9.46. The molecular formula is C20H30O2. The molecule has 0 bridgehead atoms. The van der Waals surface area contributed by atoms with Crippen LogP contribution in [0.2, 0.25) is 0 Å². The van der Waals surface area contributed by atoms with Crippen LogP contribution in [0.1, 0.15) is 65.7 Å². The predicted molar refractivity (Wildman–Crippen MR) is 87.3 cm³/mol. The Kier molecular flexibility index (Phi) is 3.18. The second kappa shape index (κ2) is 4.69. The molecule has 0 aliphatic heterocycles. The molecule has 122 valence electrons. The van der Waals surface area contributed by atoms with Gasteiger partial charge in [0, 0.05) is 11.8 Å². The Labute approximate surface area is 134 Å². The Hall–Kier alpha value is -0.630. The van der Waals surface area contributed by atoms with Crippen LogP contribution in [0, 0.1) is 34.5 Å². The molecule has 0 amide bonds. The van der Waals surface area contributed by atoms with Gasteiger partial charge < -0.3 is 5.11 Å². The first-order valence-electron chi connectivity index (χ1n) is 9.29. The Balaban J connectivity index is 1.75. The van der Waals surface area contributed by atoms with Crippen LogP contribution < -0.4 is 0 Å². The van der Waals surface area contributed by atoms with Gasteiger partial charge in [0.05, 0.1) is 6.10 Å². The third-order valence-corrected chi connectivity index (χ3v) is 8.12. The number of aliphatic hydroxyl groups excluding tert-OH is 1. The zero-order chi connectivity index (χ0) is 15.7. The maximum absolute atomic E-state index is 12.5. The average Bonchev–Trinajstić information content (AvgIpc) is 2.77. The number of carbonyl (C=O) groups excluding carboxylic acids is 1. The van der Waals surface area contributed by atoms with Crippen LogP contribution in [0.25, 0.3) is 0 Å². The third kappa shape index (κ3) is 1.79. The van der Waals surface area contributed by atoms with Crippen molar-refractivity contribution in [1.29, 1.82) is 0 Å². The number of rotatable bonds is 0. The normalized spacial score (nSPS) is 54.3. The lowest BCUT2D eigenvalue weighted by Gasteiger charge is -2.58. The standard InChI is InChI=1S/C20H30O2/c1-12-10-13-11-14(21)6-8-19(13,2)16-7-9-20(3)15(18(12)16)4-5-17(20)22/h10,12,14-16,18,21H,4-9,11H2,1-3H3/t12?,14?,15-,16+,18-,19-,20-/m0/s1. The Bertz CT molecular complexity index is 536. The van der Waals surface area contributed by atoms with E-state index < -0.39 is 0 Å². The molecule has 0 saturated heterocycles. The fourth-order valence-corrected chi connectivity index (χ4v) is 6.77. The molecule has 3 fully saturated rings. The maximum Gasteiger partial charge on any atom is 0.139 e. The van der Waals surface area contributed by atoms with Crippen LogP contribution in [0.4, 0.5) is 0 Å². The summed E-state index contributed by atoms with van der Waals surface area (Å²) >= 11 is 0. The minimum absolute atomic E-state index is 0.0364. The van der Waals surface area contributed by atoms with Crippen molar-refractivity contribution in [3.63, 3.8) is 0 Å². The summed E-state index contributed by atoms with van der Waals surface area (Å²) in [5.41, 5.74) is 1.77. The lowest BCUT2D eigenvalue weighted by Crippen LogP contribution is -2.52. The Morgan fingerprint density at radius 1 is 1.09 bits per heavy atom. The van der Waals surface area contributed by atoms with Gasteiger partial charge in [-0.1, -0.05) is 32.4 Å². The van der Waals surface area contributed by atoms with Gasteiger partial charge in [-0.15, -0.1) is 0 Å². The van der Waals surface area contributed by atoms with Gasteiger partial charge in [0.25, 0.3) is 0 Å². The smallest absolute Gasteiger partial charge is 0.139 e. The van der Waals surface area contributed by atoms with E-state index >= 15 is 0 Å². The number of fused-ring (bicyclic) bond motifs is 5. The largest absolute Gasteiger partial charge is 0.393 e. The first-order valence-corrected chi connectivity index (χ1v) is 9.29. The number of hydrogen-bond donors (Lipinski definition) is 1. The number of ketones is 1. The number of hydrogen-bond acceptors (Lipinski definition) is 2. The molecule has 0 aromatic heterocycles. The Morgan fingerprint density at radius 2 is 1.77 bits per heavy atom. The van der Waals surface area contributed by atoms with Crippen LogP contribution in [-0.4, -0.2) is 17.0 Å². The highest BCUT2D eigenvalue weighted by Gasteiger charge is 2.59. The molecule has 2 nitrogen and oxygen atoms in total. The number of carbonyl (C=O) groups is 1. The molecule has 3 saturated carbocycles. The third-order valence-electron chi connectivity index (χ3n) is 8.12. The summed E-state index contributed by atoms with van der Waals surface area (Å²) in [5.74, 6) is 3.08. The summed E-state index contributed by atoms with van der Waals surface area (Å²) in [4.78, 5) is 12.5. The zero-order valence-electron chi connectivity index (χ0n) is 14.3. The van der Waals surface area contributed by atoms with Gasteiger partial charge in [0.15, 0.2) is 0 Å². The molecule has 0 aromatic rings. The van der Waals surface area contributed by atoms with E-state index in [1.165, 1.54) is 12.0 Å². The molecule has 4 aliphatic carbocycles. The molecule has 22 heavy (non-hydrogen) atoms. The molecule has 4 aliphatic rings. The minimum atomic E-state index is -0.134. The molecule has 0 aromatic carbocycles. The predicted octanol–water partition coefficient (Wildman–Crippen LogP) is 4.13. The molecule has 2 unspecified atom stereocenters. The molecular weight excluding hydrogens is 272 g/mol. The van der Waals surface area contributed by atoms with Crippen molar-refractivity contribution in [2.75, 3.05) is 0 Å². The molecule has 7 atom stereocenters. The monoisotopic (exact) mass is 302 g/mol. The summed E-state index contributed by atoms with van der Waals surface area (Å²) < 4.78 is 0. The van der Waals surface area contributed by atoms with Crippen molar-refractivity contribution in [3.05, 3.63) is 11.6 Å². The summed E-state index contributed by atoms with van der Waals surface area (Å²) in [6.45, 7) is 7.07. The van der Waals surface area contributed by atoms with Crippen LogP contribution in [0.3, 0.4) is 0 Å². The van der Waals surface area contributed by atoms with E-state index in [-0.39, 0.29) is 16.9 Å². The zero-order valence-corrected chi connectivity index (χ0v) is 14.3. The van der Waals surface area contributed by atoms with E-state index in [0.717, 1.165) is 44.4 Å². The summed E-state index contributed by atoms with van der Waals surface area (Å²) in [7, 11) is 0. The molecule has 4 rings (SSSR count). The van der Waals surface area contributed by atoms with E-state index in [1.807, 2.05) is 0 Å². The van der Waals surface area contributed by atoms with Gasteiger partial charge in [0.1, 0.15) is 5.78 Å². The van der Waals surface area contributed by atoms with Crippen molar-refractivity contribution in [2.24, 2.45) is 34.5 Å². The number of allylic oxidation sites excluding steroid dienone is 1. The quantitative estimate of drug-likeness (QED) is 0.683. The molecule has 1 N–H and O–H groups in total. The fraction of sp³-hybridized carbons (Fsp3) is 0.850. The van der Waals surface area contributed by atoms with Crippen molar-refractivity contribution < 1.29 is 9.90 Å². The highest BCUT2D eigenvalue weighted by atomic mass is 16.3. The van der Waals surface area contributed by atoms with Gasteiger partial charge in [-0.3, -0.25) is 4.79 Å². The lowest BCUT2D eigenvalue weighted by molar-refractivity contribution is -0.133. The van der Waals surface area contributed by atoms with Crippen LogP contribution in [0.15, 0.2) is 11.6 Å². The van der Waals surface area contributed by atoms with Gasteiger partial charge in [0.2, 0.25) is 0 Å². The van der Waals surface area contributed by atoms with Crippen molar-refractivity contribution in [3.8, 4) is 0 Å². The van der Waals surface area contributed by atoms with Gasteiger partial charge in [-0.05, 0) is 67.6 Å². The van der Waals surface area contributed by atoms with E-state index in [1.54, 1.807) is 0 Å². The topological polar surface area (TPSA) is 37.3 Å². The fourth-order valence-electron chi connectivity index (χ4n) is 6.77. The second-order valence-electron chi connectivity index (χ2n) is 9.07. The van der Waals surface area contributed by atoms with Gasteiger partial charge in [-0.25, -0.2) is 0 Å². The molecule has 2 heteroatoms. The van der Waals surface area contributed by atoms with Crippen LogP contribution in [-0.2, 0) is 4.79 Å². The minimum Gasteiger partial charge on any atom is -0.393 e. The average molecular weight is 302 g/mol.